The fraction of sp³-hybridized carbons (Fsp3) is 0.130. The van der Waals surface area contributed by atoms with Crippen molar-refractivity contribution in [3.8, 4) is 5.75 Å². The van der Waals surface area contributed by atoms with E-state index >= 15 is 0 Å². The summed E-state index contributed by atoms with van der Waals surface area (Å²) >= 11 is 5.89. The van der Waals surface area contributed by atoms with Crippen LogP contribution in [0.5, 0.6) is 5.75 Å². The lowest BCUT2D eigenvalue weighted by Crippen LogP contribution is -2.35. The summed E-state index contributed by atoms with van der Waals surface area (Å²) in [4.78, 5) is 24.5. The Hall–Kier alpha value is -3.56. The first-order chi connectivity index (χ1) is 15.6. The Labute approximate surface area is 196 Å². The quantitative estimate of drug-likeness (QED) is 0.357. The molecule has 0 fully saturated rings. The fourth-order valence-electron chi connectivity index (χ4n) is 2.98. The molecule has 2 amide bonds. The van der Waals surface area contributed by atoms with E-state index in [1.807, 2.05) is 0 Å². The molecule has 10 heteroatoms. The van der Waals surface area contributed by atoms with Crippen LogP contribution in [0.1, 0.15) is 23.7 Å². The molecular weight excluding hydrogens is 466 g/mol. The molecule has 8 nitrogen and oxygen atoms in total. The van der Waals surface area contributed by atoms with Crippen LogP contribution in [0.3, 0.4) is 0 Å². The van der Waals surface area contributed by atoms with Gasteiger partial charge in [0, 0.05) is 23.0 Å². The van der Waals surface area contributed by atoms with Gasteiger partial charge in [-0.1, -0.05) is 35.9 Å². The highest BCUT2D eigenvalue weighted by molar-refractivity contribution is 7.92. The van der Waals surface area contributed by atoms with E-state index in [1.54, 1.807) is 49.4 Å². The molecule has 172 valence electrons. The largest absolute Gasteiger partial charge is 0.506 e. The molecule has 33 heavy (non-hydrogen) atoms. The van der Waals surface area contributed by atoms with E-state index in [4.69, 9.17) is 11.6 Å². The number of halogens is 1. The van der Waals surface area contributed by atoms with Crippen molar-refractivity contribution in [2.24, 2.45) is 0 Å². The summed E-state index contributed by atoms with van der Waals surface area (Å²) in [5.74, 6) is -1.13. The van der Waals surface area contributed by atoms with Gasteiger partial charge in [-0.2, -0.15) is 0 Å². The number of phenolic OH excluding ortho intramolecular Hbond substituents is 1. The molecule has 3 aromatic rings. The molecule has 0 saturated heterocycles. The van der Waals surface area contributed by atoms with Crippen molar-refractivity contribution in [3.63, 3.8) is 0 Å². The number of carbonyl (C=O) groups excluding carboxylic acids is 2. The number of phenols is 1. The third-order valence-corrected chi connectivity index (χ3v) is 6.15. The lowest BCUT2D eigenvalue weighted by molar-refractivity contribution is -0.116. The van der Waals surface area contributed by atoms with Crippen molar-refractivity contribution >= 4 is 44.8 Å². The van der Waals surface area contributed by atoms with Crippen molar-refractivity contribution in [3.05, 3.63) is 83.4 Å². The Morgan fingerprint density at radius 2 is 1.73 bits per heavy atom. The van der Waals surface area contributed by atoms with Crippen molar-refractivity contribution in [2.45, 2.75) is 24.3 Å². The molecule has 1 atom stereocenters. The summed E-state index contributed by atoms with van der Waals surface area (Å²) in [7, 11) is -4.00. The smallest absolute Gasteiger partial charge is 0.261 e. The number of rotatable bonds is 8. The first-order valence-corrected chi connectivity index (χ1v) is 11.8. The van der Waals surface area contributed by atoms with Crippen LogP contribution in [-0.2, 0) is 14.8 Å². The Kier molecular flexibility index (Phi) is 7.57. The number of anilines is 2. The predicted molar refractivity (Wildman–Crippen MR) is 127 cm³/mol. The molecule has 0 aromatic heterocycles. The molecule has 0 aliphatic rings. The van der Waals surface area contributed by atoms with Crippen molar-refractivity contribution < 1.29 is 23.1 Å². The minimum atomic E-state index is -4.00. The maximum Gasteiger partial charge on any atom is 0.261 e. The first-order valence-electron chi connectivity index (χ1n) is 9.91. The van der Waals surface area contributed by atoms with Crippen LogP contribution < -0.4 is 15.4 Å². The van der Waals surface area contributed by atoms with Crippen molar-refractivity contribution in [1.82, 2.24) is 5.32 Å². The van der Waals surface area contributed by atoms with Crippen LogP contribution in [0.15, 0.2) is 77.7 Å². The number of hydrogen-bond acceptors (Lipinski definition) is 5. The summed E-state index contributed by atoms with van der Waals surface area (Å²) in [6, 6.07) is 17.8. The zero-order chi connectivity index (χ0) is 24.0. The van der Waals surface area contributed by atoms with Gasteiger partial charge in [-0.25, -0.2) is 8.42 Å². The van der Waals surface area contributed by atoms with Crippen molar-refractivity contribution in [2.75, 3.05) is 10.0 Å². The number of sulfonamides is 1. The second kappa shape index (κ2) is 10.4. The maximum atomic E-state index is 12.7. The van der Waals surface area contributed by atoms with Crippen LogP contribution in [-0.4, -0.2) is 31.4 Å². The molecule has 3 rings (SSSR count). The second-order valence-electron chi connectivity index (χ2n) is 7.29. The van der Waals surface area contributed by atoms with Gasteiger partial charge in [0.1, 0.15) is 5.75 Å². The first kappa shape index (κ1) is 24.1. The van der Waals surface area contributed by atoms with Crippen LogP contribution in [0.25, 0.3) is 0 Å². The van der Waals surface area contributed by atoms with Gasteiger partial charge in [-0.3, -0.25) is 14.3 Å². The molecule has 0 aliphatic carbocycles. The predicted octanol–water partition coefficient (Wildman–Crippen LogP) is 3.99. The average molecular weight is 488 g/mol. The second-order valence-corrected chi connectivity index (χ2v) is 9.41. The van der Waals surface area contributed by atoms with E-state index in [9.17, 15) is 23.1 Å². The van der Waals surface area contributed by atoms with Crippen LogP contribution >= 0.6 is 11.6 Å². The highest BCUT2D eigenvalue weighted by Crippen LogP contribution is 2.28. The van der Waals surface area contributed by atoms with E-state index < -0.39 is 22.0 Å². The molecule has 0 bridgehead atoms. The molecule has 0 spiro atoms. The van der Waals surface area contributed by atoms with Crippen LogP contribution in [0.4, 0.5) is 11.4 Å². The number of nitrogens with one attached hydrogen (secondary N) is 3. The van der Waals surface area contributed by atoms with E-state index in [1.165, 1.54) is 24.3 Å². The van der Waals surface area contributed by atoms with E-state index in [-0.39, 0.29) is 34.3 Å². The zero-order valence-electron chi connectivity index (χ0n) is 17.6. The van der Waals surface area contributed by atoms with Gasteiger partial charge < -0.3 is 15.7 Å². The van der Waals surface area contributed by atoms with E-state index in [0.717, 1.165) is 6.07 Å². The molecule has 0 aliphatic heterocycles. The SMILES string of the molecule is C[C@@H](CC(=O)Nc1cc(S(=O)(=O)Nc2cccc(Cl)c2)ccc1O)NC(=O)c1ccccc1. The zero-order valence-corrected chi connectivity index (χ0v) is 19.2. The topological polar surface area (TPSA) is 125 Å². The molecule has 0 unspecified atom stereocenters. The molecular formula is C23H22ClN3O5S. The maximum absolute atomic E-state index is 12.7. The summed E-state index contributed by atoms with van der Waals surface area (Å²) < 4.78 is 27.8. The van der Waals surface area contributed by atoms with Crippen LogP contribution in [0.2, 0.25) is 5.02 Å². The molecule has 3 aromatic carbocycles. The van der Waals surface area contributed by atoms with E-state index in [2.05, 4.69) is 15.4 Å². The van der Waals surface area contributed by atoms with Gasteiger partial charge in [-0.05, 0) is 55.5 Å². The summed E-state index contributed by atoms with van der Waals surface area (Å²) in [6.07, 6.45) is -0.0875. The lowest BCUT2D eigenvalue weighted by Gasteiger charge is -2.15. The molecule has 0 saturated carbocycles. The van der Waals surface area contributed by atoms with Crippen molar-refractivity contribution in [1.29, 1.82) is 0 Å². The standard InChI is InChI=1S/C23H22ClN3O5S/c1-15(25-23(30)16-6-3-2-4-7-16)12-22(29)26-20-14-19(10-11-21(20)28)33(31,32)27-18-9-5-8-17(24)13-18/h2-11,13-15,27-28H,12H2,1H3,(H,25,30)(H,26,29)/t15-/m0/s1. The number of aromatic hydroxyl groups is 1. The Morgan fingerprint density at radius 3 is 2.42 bits per heavy atom. The van der Waals surface area contributed by atoms with Gasteiger partial charge in [0.15, 0.2) is 0 Å². The lowest BCUT2D eigenvalue weighted by atomic mass is 10.1. The normalized spacial score (nSPS) is 11.9. The third kappa shape index (κ3) is 6.71. The Balaban J connectivity index is 1.66. The highest BCUT2D eigenvalue weighted by atomic mass is 35.5. The third-order valence-electron chi connectivity index (χ3n) is 4.53. The highest BCUT2D eigenvalue weighted by Gasteiger charge is 2.19. The van der Waals surface area contributed by atoms with Gasteiger partial charge in [0.05, 0.1) is 16.3 Å². The number of hydrogen-bond donors (Lipinski definition) is 4. The minimum absolute atomic E-state index is 0.0736. The number of benzene rings is 3. The minimum Gasteiger partial charge on any atom is -0.506 e. The summed E-state index contributed by atoms with van der Waals surface area (Å²) in [5, 5.41) is 15.7. The van der Waals surface area contributed by atoms with Crippen LogP contribution in [0, 0.1) is 0 Å². The fourth-order valence-corrected chi connectivity index (χ4v) is 4.24. The van der Waals surface area contributed by atoms with Gasteiger partial charge in [0.2, 0.25) is 5.91 Å². The number of amides is 2. The molecule has 0 radical (unpaired) electrons. The number of carbonyl (C=O) groups is 2. The average Bonchev–Trinajstić information content (AvgIpc) is 2.75. The van der Waals surface area contributed by atoms with Gasteiger partial charge in [0.25, 0.3) is 15.9 Å². The summed E-state index contributed by atoms with van der Waals surface area (Å²) in [5.41, 5.74) is 0.659. The van der Waals surface area contributed by atoms with Gasteiger partial charge in [-0.15, -0.1) is 0 Å². The van der Waals surface area contributed by atoms with Gasteiger partial charge >= 0.3 is 0 Å². The molecule has 4 N–H and O–H groups in total. The monoisotopic (exact) mass is 487 g/mol. The Morgan fingerprint density at radius 1 is 1.00 bits per heavy atom. The van der Waals surface area contributed by atoms with E-state index in [0.29, 0.717) is 10.6 Å². The summed E-state index contributed by atoms with van der Waals surface area (Å²) in [6.45, 7) is 1.66. The Bertz CT molecular complexity index is 1270. The molecule has 0 heterocycles.